The molecule has 2 aromatic carbocycles. The van der Waals surface area contributed by atoms with Crippen LogP contribution in [-0.4, -0.2) is 44.4 Å². The molecule has 0 radical (unpaired) electrons. The lowest BCUT2D eigenvalue weighted by molar-refractivity contribution is 0.102. The molecule has 0 aliphatic rings. The molecule has 2 aromatic heterocycles. The molecule has 35 heavy (non-hydrogen) atoms. The molecule has 0 saturated heterocycles. The number of aromatic nitrogens is 4. The number of carbonyl (C=O) groups is 1. The summed E-state index contributed by atoms with van der Waals surface area (Å²) in [6.45, 7) is 3.24. The van der Waals surface area contributed by atoms with Crippen LogP contribution in [0.2, 0.25) is 0 Å². The van der Waals surface area contributed by atoms with E-state index in [9.17, 15) is 9.59 Å². The van der Waals surface area contributed by atoms with Crippen LogP contribution in [-0.2, 0) is 17.7 Å². The summed E-state index contributed by atoms with van der Waals surface area (Å²) in [6.07, 6.45) is 6.66. The van der Waals surface area contributed by atoms with Crippen molar-refractivity contribution in [1.29, 1.82) is 0 Å². The number of para-hydroxylation sites is 1. The highest BCUT2D eigenvalue weighted by molar-refractivity contribution is 7.99. The van der Waals surface area contributed by atoms with Crippen molar-refractivity contribution in [3.8, 4) is 0 Å². The van der Waals surface area contributed by atoms with E-state index in [2.05, 4.69) is 29.3 Å². The fourth-order valence-corrected chi connectivity index (χ4v) is 5.06. The number of unbranched alkanes of at least 4 members (excludes halogenated alkanes) is 3. The maximum absolute atomic E-state index is 13.1. The molecule has 0 N–H and O–H groups in total. The fourth-order valence-electron chi connectivity index (χ4n) is 4.22. The standard InChI is InChI=1S/C27H32N4O3S/c1-3-4-5-6-10-20-13-15-21(16-14-20)24(32)19-35-27-29-28-26-30(17-9-18-34-2)25(33)22-11-7-8-12-23(22)31(26)27/h7-8,11-16H,3-6,9-10,17-19H2,1-2H3. The zero-order valence-corrected chi connectivity index (χ0v) is 21.2. The molecule has 0 fully saturated rings. The lowest BCUT2D eigenvalue weighted by Crippen LogP contribution is -2.24. The Kier molecular flexibility index (Phi) is 8.71. The van der Waals surface area contributed by atoms with Crippen LogP contribution in [0.5, 0.6) is 0 Å². The lowest BCUT2D eigenvalue weighted by Gasteiger charge is -2.11. The number of fused-ring (bicyclic) bond motifs is 3. The van der Waals surface area contributed by atoms with Gasteiger partial charge in [-0.05, 0) is 37.0 Å². The first kappa shape index (κ1) is 25.1. The van der Waals surface area contributed by atoms with Gasteiger partial charge in [-0.2, -0.15) is 0 Å². The van der Waals surface area contributed by atoms with Crippen LogP contribution in [0.25, 0.3) is 16.7 Å². The number of methoxy groups -OCH3 is 1. The van der Waals surface area contributed by atoms with Crippen LogP contribution in [0.4, 0.5) is 0 Å². The number of benzene rings is 2. The average molecular weight is 493 g/mol. The number of hydrogen-bond acceptors (Lipinski definition) is 6. The second kappa shape index (κ2) is 12.1. The number of Topliss-reactive ketones (excluding diaryl/α,β-unsaturated/α-hetero) is 1. The highest BCUT2D eigenvalue weighted by Gasteiger charge is 2.18. The number of aryl methyl sites for hydroxylation is 2. The summed E-state index contributed by atoms with van der Waals surface area (Å²) in [7, 11) is 1.64. The predicted octanol–water partition coefficient (Wildman–Crippen LogP) is 5.18. The van der Waals surface area contributed by atoms with Crippen molar-refractivity contribution in [2.75, 3.05) is 19.5 Å². The highest BCUT2D eigenvalue weighted by atomic mass is 32.2. The molecule has 0 saturated carbocycles. The summed E-state index contributed by atoms with van der Waals surface area (Å²) < 4.78 is 8.67. The van der Waals surface area contributed by atoms with Crippen LogP contribution in [0.3, 0.4) is 0 Å². The van der Waals surface area contributed by atoms with Gasteiger partial charge in [-0.15, -0.1) is 10.2 Å². The Morgan fingerprint density at radius 3 is 2.57 bits per heavy atom. The molecule has 2 heterocycles. The maximum Gasteiger partial charge on any atom is 0.262 e. The maximum atomic E-state index is 13.1. The Hall–Kier alpha value is -2.97. The van der Waals surface area contributed by atoms with Gasteiger partial charge < -0.3 is 4.74 Å². The summed E-state index contributed by atoms with van der Waals surface area (Å²) in [5, 5.41) is 9.84. The number of ketones is 1. The van der Waals surface area contributed by atoms with Gasteiger partial charge in [-0.3, -0.25) is 18.6 Å². The van der Waals surface area contributed by atoms with Crippen molar-refractivity contribution < 1.29 is 9.53 Å². The van der Waals surface area contributed by atoms with Crippen molar-refractivity contribution in [2.24, 2.45) is 0 Å². The first-order valence-corrected chi connectivity index (χ1v) is 13.2. The topological polar surface area (TPSA) is 78.5 Å². The van der Waals surface area contributed by atoms with E-state index in [-0.39, 0.29) is 17.1 Å². The van der Waals surface area contributed by atoms with Gasteiger partial charge in [0.2, 0.25) is 5.78 Å². The van der Waals surface area contributed by atoms with Crippen molar-refractivity contribution >= 4 is 34.2 Å². The minimum absolute atomic E-state index is 0.0435. The largest absolute Gasteiger partial charge is 0.385 e. The van der Waals surface area contributed by atoms with E-state index in [0.29, 0.717) is 41.5 Å². The monoisotopic (exact) mass is 492 g/mol. The van der Waals surface area contributed by atoms with E-state index >= 15 is 0 Å². The van der Waals surface area contributed by atoms with E-state index in [1.165, 1.54) is 43.0 Å². The molecule has 0 aliphatic carbocycles. The smallest absolute Gasteiger partial charge is 0.262 e. The Labute approximate surface area is 209 Å². The van der Waals surface area contributed by atoms with Gasteiger partial charge in [0, 0.05) is 25.8 Å². The van der Waals surface area contributed by atoms with Gasteiger partial charge in [0.1, 0.15) is 0 Å². The van der Waals surface area contributed by atoms with Gasteiger partial charge in [0.15, 0.2) is 10.9 Å². The summed E-state index contributed by atoms with van der Waals surface area (Å²) >= 11 is 1.34. The van der Waals surface area contributed by atoms with E-state index in [4.69, 9.17) is 4.74 Å². The number of ether oxygens (including phenoxy) is 1. The highest BCUT2D eigenvalue weighted by Crippen LogP contribution is 2.23. The van der Waals surface area contributed by atoms with Crippen molar-refractivity contribution in [1.82, 2.24) is 19.2 Å². The van der Waals surface area contributed by atoms with Crippen molar-refractivity contribution in [3.63, 3.8) is 0 Å². The molecule has 7 nitrogen and oxygen atoms in total. The first-order chi connectivity index (χ1) is 17.1. The number of nitrogens with zero attached hydrogens (tertiary/aromatic N) is 4. The summed E-state index contributed by atoms with van der Waals surface area (Å²) in [4.78, 5) is 26.0. The molecule has 8 heteroatoms. The van der Waals surface area contributed by atoms with E-state index in [1.807, 2.05) is 40.8 Å². The molecule has 0 atom stereocenters. The first-order valence-electron chi connectivity index (χ1n) is 12.2. The second-order valence-electron chi connectivity index (χ2n) is 8.66. The molecular formula is C27H32N4O3S. The van der Waals surface area contributed by atoms with Gasteiger partial charge in [0.05, 0.1) is 16.7 Å². The molecule has 4 aromatic rings. The van der Waals surface area contributed by atoms with Gasteiger partial charge in [-0.1, -0.05) is 74.3 Å². The van der Waals surface area contributed by atoms with Crippen LogP contribution >= 0.6 is 11.8 Å². The molecule has 0 bridgehead atoms. The third-order valence-corrected chi connectivity index (χ3v) is 7.06. The van der Waals surface area contributed by atoms with Crippen LogP contribution < -0.4 is 5.56 Å². The van der Waals surface area contributed by atoms with E-state index < -0.39 is 0 Å². The summed E-state index contributed by atoms with van der Waals surface area (Å²) in [6, 6.07) is 15.4. The zero-order valence-electron chi connectivity index (χ0n) is 20.4. The summed E-state index contributed by atoms with van der Waals surface area (Å²) in [5.41, 5.74) is 2.61. The van der Waals surface area contributed by atoms with Gasteiger partial charge >= 0.3 is 0 Å². The van der Waals surface area contributed by atoms with E-state index in [0.717, 1.165) is 11.9 Å². The molecular weight excluding hydrogens is 460 g/mol. The number of thioether (sulfide) groups is 1. The van der Waals surface area contributed by atoms with Crippen molar-refractivity contribution in [3.05, 3.63) is 70.0 Å². The Morgan fingerprint density at radius 2 is 1.80 bits per heavy atom. The van der Waals surface area contributed by atoms with Crippen LogP contribution in [0, 0.1) is 0 Å². The molecule has 184 valence electrons. The number of rotatable bonds is 13. The predicted molar refractivity (Wildman–Crippen MR) is 141 cm³/mol. The van der Waals surface area contributed by atoms with E-state index in [1.54, 1.807) is 11.7 Å². The lowest BCUT2D eigenvalue weighted by atomic mass is 10.0. The average Bonchev–Trinajstić information content (AvgIpc) is 3.31. The second-order valence-corrected chi connectivity index (χ2v) is 9.60. The molecule has 0 unspecified atom stereocenters. The third-order valence-electron chi connectivity index (χ3n) is 6.14. The Bertz CT molecular complexity index is 1340. The molecule has 0 aliphatic heterocycles. The third kappa shape index (κ3) is 5.82. The SMILES string of the molecule is CCCCCCc1ccc(C(=O)CSc2nnc3n(CCCOC)c(=O)c4ccccc4n23)cc1. The van der Waals surface area contributed by atoms with Crippen LogP contribution in [0.15, 0.2) is 58.5 Å². The Morgan fingerprint density at radius 1 is 1.00 bits per heavy atom. The fraction of sp³-hybridized carbons (Fsp3) is 0.407. The Balaban J connectivity index is 1.53. The zero-order chi connectivity index (χ0) is 24.6. The molecule has 4 rings (SSSR count). The van der Waals surface area contributed by atoms with Crippen molar-refractivity contribution in [2.45, 2.75) is 57.1 Å². The molecule has 0 spiro atoms. The van der Waals surface area contributed by atoms with Crippen LogP contribution in [0.1, 0.15) is 54.9 Å². The minimum Gasteiger partial charge on any atom is -0.385 e. The normalized spacial score (nSPS) is 11.5. The van der Waals surface area contributed by atoms with Gasteiger partial charge in [0.25, 0.3) is 5.56 Å². The quantitative estimate of drug-likeness (QED) is 0.145. The van der Waals surface area contributed by atoms with Gasteiger partial charge in [-0.25, -0.2) is 0 Å². The number of hydrogen-bond donors (Lipinski definition) is 0. The number of carbonyl (C=O) groups excluding carboxylic acids is 1. The summed E-state index contributed by atoms with van der Waals surface area (Å²) in [5.74, 6) is 0.766. The molecule has 0 amide bonds. The minimum atomic E-state index is -0.0981.